The lowest BCUT2D eigenvalue weighted by molar-refractivity contribution is -0.910. The van der Waals surface area contributed by atoms with E-state index in [0.29, 0.717) is 0 Å². The van der Waals surface area contributed by atoms with Crippen molar-refractivity contribution in [3.8, 4) is 0 Å². The SMILES string of the molecule is C[C@@H](C[NH+]1CCOCC1)C(=O)NN. The maximum absolute atomic E-state index is 11.1. The molecule has 0 bridgehead atoms. The first kappa shape index (κ1) is 10.4. The highest BCUT2D eigenvalue weighted by Crippen LogP contribution is 1.89. The largest absolute Gasteiger partial charge is 0.370 e. The van der Waals surface area contributed by atoms with Gasteiger partial charge < -0.3 is 9.64 Å². The van der Waals surface area contributed by atoms with E-state index in [4.69, 9.17) is 10.6 Å². The Morgan fingerprint density at radius 2 is 2.23 bits per heavy atom. The van der Waals surface area contributed by atoms with Crippen LogP contribution < -0.4 is 16.2 Å². The number of morpholine rings is 1. The van der Waals surface area contributed by atoms with Gasteiger partial charge in [-0.2, -0.15) is 0 Å². The number of hydrazine groups is 1. The molecule has 1 heterocycles. The summed E-state index contributed by atoms with van der Waals surface area (Å²) in [6.45, 7) is 6.31. The van der Waals surface area contributed by atoms with E-state index in [1.165, 1.54) is 4.90 Å². The van der Waals surface area contributed by atoms with Crippen LogP contribution in [0.2, 0.25) is 0 Å². The molecule has 5 heteroatoms. The molecule has 5 nitrogen and oxygen atoms in total. The summed E-state index contributed by atoms with van der Waals surface area (Å²) in [5.74, 6) is 4.94. The number of carbonyl (C=O) groups excluding carboxylic acids is 1. The molecule has 0 aromatic carbocycles. The Hall–Kier alpha value is -0.650. The van der Waals surface area contributed by atoms with Gasteiger partial charge in [0.05, 0.1) is 25.7 Å². The zero-order valence-corrected chi connectivity index (χ0v) is 8.01. The number of amides is 1. The highest BCUT2D eigenvalue weighted by atomic mass is 16.5. The maximum Gasteiger partial charge on any atom is 0.242 e. The molecule has 13 heavy (non-hydrogen) atoms. The Morgan fingerprint density at radius 3 is 2.77 bits per heavy atom. The van der Waals surface area contributed by atoms with Gasteiger partial charge in [0.1, 0.15) is 13.1 Å². The molecule has 0 aromatic rings. The van der Waals surface area contributed by atoms with Crippen molar-refractivity contribution in [2.45, 2.75) is 6.92 Å². The van der Waals surface area contributed by atoms with E-state index in [1.807, 2.05) is 6.92 Å². The normalized spacial score (nSPS) is 21.1. The third-order valence-corrected chi connectivity index (χ3v) is 2.38. The lowest BCUT2D eigenvalue weighted by Crippen LogP contribution is -3.14. The predicted molar refractivity (Wildman–Crippen MR) is 47.9 cm³/mol. The van der Waals surface area contributed by atoms with Crippen molar-refractivity contribution in [3.63, 3.8) is 0 Å². The zero-order chi connectivity index (χ0) is 9.68. The van der Waals surface area contributed by atoms with Crippen LogP contribution >= 0.6 is 0 Å². The van der Waals surface area contributed by atoms with Gasteiger partial charge in [0, 0.05) is 0 Å². The Kier molecular flexibility index (Phi) is 4.14. The highest BCUT2D eigenvalue weighted by molar-refractivity contribution is 5.77. The average molecular weight is 188 g/mol. The summed E-state index contributed by atoms with van der Waals surface area (Å²) in [5, 5.41) is 0. The minimum atomic E-state index is -0.0843. The van der Waals surface area contributed by atoms with Crippen molar-refractivity contribution in [3.05, 3.63) is 0 Å². The smallest absolute Gasteiger partial charge is 0.242 e. The molecular formula is C8H18N3O2+. The van der Waals surface area contributed by atoms with Crippen molar-refractivity contribution >= 4 is 5.91 Å². The van der Waals surface area contributed by atoms with E-state index in [9.17, 15) is 4.79 Å². The van der Waals surface area contributed by atoms with Crippen LogP contribution in [0.25, 0.3) is 0 Å². The number of rotatable bonds is 3. The number of carbonyl (C=O) groups is 1. The van der Waals surface area contributed by atoms with Crippen LogP contribution in [-0.4, -0.2) is 38.8 Å². The van der Waals surface area contributed by atoms with Gasteiger partial charge in [0.2, 0.25) is 5.91 Å². The molecule has 0 aromatic heterocycles. The molecule has 76 valence electrons. The van der Waals surface area contributed by atoms with Gasteiger partial charge >= 0.3 is 0 Å². The summed E-state index contributed by atoms with van der Waals surface area (Å²) in [6.07, 6.45) is 0. The molecule has 1 aliphatic rings. The number of quaternary nitrogens is 1. The first-order valence-electron chi connectivity index (χ1n) is 4.66. The van der Waals surface area contributed by atoms with Crippen LogP contribution in [0.15, 0.2) is 0 Å². The number of nitrogens with two attached hydrogens (primary N) is 1. The maximum atomic E-state index is 11.1. The minimum absolute atomic E-state index is 0.0156. The Morgan fingerprint density at radius 1 is 1.62 bits per heavy atom. The molecule has 1 fully saturated rings. The summed E-state index contributed by atoms with van der Waals surface area (Å²) in [5.41, 5.74) is 2.17. The van der Waals surface area contributed by atoms with Crippen molar-refractivity contribution in [2.24, 2.45) is 11.8 Å². The second kappa shape index (κ2) is 5.16. The van der Waals surface area contributed by atoms with Crippen LogP contribution in [0.3, 0.4) is 0 Å². The number of hydrogen-bond donors (Lipinski definition) is 3. The average Bonchev–Trinajstić information content (AvgIpc) is 2.18. The van der Waals surface area contributed by atoms with E-state index in [0.717, 1.165) is 32.8 Å². The lowest BCUT2D eigenvalue weighted by atomic mass is 10.1. The van der Waals surface area contributed by atoms with Crippen molar-refractivity contribution in [1.82, 2.24) is 5.43 Å². The highest BCUT2D eigenvalue weighted by Gasteiger charge is 2.20. The molecule has 0 spiro atoms. The standard InChI is InChI=1S/C8H17N3O2/c1-7(8(12)10-9)6-11-2-4-13-5-3-11/h7H,2-6,9H2,1H3,(H,10,12)/p+1/t7-/m0/s1. The van der Waals surface area contributed by atoms with Crippen LogP contribution in [0.4, 0.5) is 0 Å². The fourth-order valence-corrected chi connectivity index (χ4v) is 1.53. The second-order valence-corrected chi connectivity index (χ2v) is 3.48. The number of hydrogen-bond acceptors (Lipinski definition) is 3. The van der Waals surface area contributed by atoms with Crippen molar-refractivity contribution in [2.75, 3.05) is 32.8 Å². The monoisotopic (exact) mass is 188 g/mol. The minimum Gasteiger partial charge on any atom is -0.370 e. The quantitative estimate of drug-likeness (QED) is 0.261. The van der Waals surface area contributed by atoms with E-state index in [-0.39, 0.29) is 11.8 Å². The van der Waals surface area contributed by atoms with E-state index in [2.05, 4.69) is 5.43 Å². The van der Waals surface area contributed by atoms with Gasteiger partial charge in [0.15, 0.2) is 0 Å². The van der Waals surface area contributed by atoms with Crippen LogP contribution in [0.5, 0.6) is 0 Å². The van der Waals surface area contributed by atoms with Gasteiger partial charge in [-0.25, -0.2) is 5.84 Å². The van der Waals surface area contributed by atoms with Gasteiger partial charge in [-0.05, 0) is 6.92 Å². The van der Waals surface area contributed by atoms with Gasteiger partial charge in [0.25, 0.3) is 0 Å². The van der Waals surface area contributed by atoms with Gasteiger partial charge in [-0.1, -0.05) is 0 Å². The molecule has 1 saturated heterocycles. The molecule has 0 radical (unpaired) electrons. The molecule has 4 N–H and O–H groups in total. The third kappa shape index (κ3) is 3.30. The van der Waals surface area contributed by atoms with Crippen molar-refractivity contribution < 1.29 is 14.4 Å². The molecule has 1 rings (SSSR count). The summed E-state index contributed by atoms with van der Waals surface area (Å²) < 4.78 is 5.22. The number of ether oxygens (including phenoxy) is 1. The molecule has 0 saturated carbocycles. The summed E-state index contributed by atoms with van der Waals surface area (Å²) in [4.78, 5) is 12.5. The zero-order valence-electron chi connectivity index (χ0n) is 8.01. The molecular weight excluding hydrogens is 170 g/mol. The first-order valence-corrected chi connectivity index (χ1v) is 4.66. The molecule has 1 amide bonds. The van der Waals surface area contributed by atoms with E-state index < -0.39 is 0 Å². The number of nitrogens with one attached hydrogen (secondary N) is 2. The van der Waals surface area contributed by atoms with Crippen LogP contribution in [0, 0.1) is 5.92 Å². The molecule has 0 unspecified atom stereocenters. The fourth-order valence-electron chi connectivity index (χ4n) is 1.53. The Balaban J connectivity index is 2.25. The van der Waals surface area contributed by atoms with Gasteiger partial charge in [-0.3, -0.25) is 10.2 Å². The Bertz CT molecular complexity index is 169. The molecule has 1 aliphatic heterocycles. The summed E-state index contributed by atoms with van der Waals surface area (Å²) >= 11 is 0. The Labute approximate surface area is 78.2 Å². The van der Waals surface area contributed by atoms with E-state index >= 15 is 0 Å². The molecule has 0 aliphatic carbocycles. The van der Waals surface area contributed by atoms with E-state index in [1.54, 1.807) is 0 Å². The topological polar surface area (TPSA) is 68.8 Å². The third-order valence-electron chi connectivity index (χ3n) is 2.38. The predicted octanol–water partition coefficient (Wildman–Crippen LogP) is -2.47. The fraction of sp³-hybridized carbons (Fsp3) is 0.875. The van der Waals surface area contributed by atoms with Crippen LogP contribution in [-0.2, 0) is 9.53 Å². The van der Waals surface area contributed by atoms with Crippen LogP contribution in [0.1, 0.15) is 6.92 Å². The first-order chi connectivity index (χ1) is 6.24. The lowest BCUT2D eigenvalue weighted by Gasteiger charge is -2.25. The van der Waals surface area contributed by atoms with Gasteiger partial charge in [-0.15, -0.1) is 0 Å². The van der Waals surface area contributed by atoms with Crippen molar-refractivity contribution in [1.29, 1.82) is 0 Å². The molecule has 1 atom stereocenters. The summed E-state index contributed by atoms with van der Waals surface area (Å²) in [7, 11) is 0. The summed E-state index contributed by atoms with van der Waals surface area (Å²) in [6, 6.07) is 0. The second-order valence-electron chi connectivity index (χ2n) is 3.48.